The number of aliphatic hydroxyl groups is 4. The van der Waals surface area contributed by atoms with Crippen molar-refractivity contribution in [1.29, 1.82) is 0 Å². The third-order valence-electron chi connectivity index (χ3n) is 5.77. The van der Waals surface area contributed by atoms with Gasteiger partial charge in [0.2, 0.25) is 12.0 Å². The van der Waals surface area contributed by atoms with Gasteiger partial charge in [-0.15, -0.1) is 0 Å². The Balaban J connectivity index is 2.13. The Morgan fingerprint density at radius 3 is 2.31 bits per heavy atom. The van der Waals surface area contributed by atoms with E-state index in [2.05, 4.69) is 0 Å². The number of hydrogen-bond donors (Lipinski definition) is 6. The summed E-state index contributed by atoms with van der Waals surface area (Å²) in [4.78, 5) is 25.9. The molecule has 1 aliphatic rings. The van der Waals surface area contributed by atoms with Crippen LogP contribution in [0, 0.1) is 0 Å². The smallest absolute Gasteiger partial charge is 0.229 e. The fraction of sp³-hybridized carbons (Fsp3) is 0.360. The van der Waals surface area contributed by atoms with E-state index in [-0.39, 0.29) is 28.2 Å². The van der Waals surface area contributed by atoms with E-state index in [1.54, 1.807) is 19.1 Å². The van der Waals surface area contributed by atoms with Crippen molar-refractivity contribution in [2.75, 3.05) is 13.7 Å². The zero-order valence-electron chi connectivity index (χ0n) is 19.8. The molecule has 0 unspecified atom stereocenters. The molecule has 1 fully saturated rings. The number of methoxy groups -OCH3 is 1. The molecule has 36 heavy (non-hydrogen) atoms. The van der Waals surface area contributed by atoms with Crippen molar-refractivity contribution in [2.45, 2.75) is 44.6 Å². The third kappa shape index (κ3) is 5.06. The topological polar surface area (TPSA) is 183 Å². The lowest BCUT2D eigenvalue weighted by atomic mass is 9.93. The van der Waals surface area contributed by atoms with E-state index in [1.165, 1.54) is 26.2 Å². The van der Waals surface area contributed by atoms with E-state index >= 15 is 0 Å². The molecule has 0 radical (unpaired) electrons. The third-order valence-corrected chi connectivity index (χ3v) is 5.77. The number of rotatable bonds is 8. The number of phenols is 2. The molecule has 1 heterocycles. The maximum Gasteiger partial charge on any atom is 0.229 e. The number of allylic oxidation sites excluding steroid dienone is 1. The van der Waals surface area contributed by atoms with Gasteiger partial charge in [0.15, 0.2) is 23.1 Å². The SMILES string of the molecule is C/C=C/c1cc(C(C)=O)c(C(=O)c2ccc(O)c(OC)c2O)cc1O[C@@H]1O[C@H](CO)[C@@H](O)[C@H](O)[C@H]1O. The van der Waals surface area contributed by atoms with Gasteiger partial charge in [0.25, 0.3) is 0 Å². The predicted octanol–water partition coefficient (Wildman–Crippen LogP) is 0.752. The summed E-state index contributed by atoms with van der Waals surface area (Å²) in [6, 6.07) is 4.91. The highest BCUT2D eigenvalue weighted by Gasteiger charge is 2.45. The lowest BCUT2D eigenvalue weighted by Crippen LogP contribution is -2.60. The first-order chi connectivity index (χ1) is 17.0. The molecule has 2 aromatic carbocycles. The molecule has 0 spiro atoms. The second-order valence-corrected chi connectivity index (χ2v) is 8.15. The van der Waals surface area contributed by atoms with Gasteiger partial charge in [0.05, 0.1) is 19.3 Å². The molecule has 11 nitrogen and oxygen atoms in total. The fourth-order valence-corrected chi connectivity index (χ4v) is 3.87. The Labute approximate surface area is 206 Å². The van der Waals surface area contributed by atoms with Gasteiger partial charge in [-0.1, -0.05) is 12.2 Å². The highest BCUT2D eigenvalue weighted by molar-refractivity contribution is 6.17. The van der Waals surface area contributed by atoms with Crippen molar-refractivity contribution in [3.63, 3.8) is 0 Å². The zero-order valence-corrected chi connectivity index (χ0v) is 19.8. The van der Waals surface area contributed by atoms with Crippen molar-refractivity contribution in [3.05, 3.63) is 52.6 Å². The highest BCUT2D eigenvalue weighted by atomic mass is 16.7. The molecular weight excluding hydrogens is 476 g/mol. The molecule has 0 bridgehead atoms. The maximum atomic E-state index is 13.4. The Morgan fingerprint density at radius 1 is 1.03 bits per heavy atom. The largest absolute Gasteiger partial charge is 0.504 e. The summed E-state index contributed by atoms with van der Waals surface area (Å²) >= 11 is 0. The Bertz CT molecular complexity index is 1170. The molecule has 1 saturated heterocycles. The van der Waals surface area contributed by atoms with Crippen LogP contribution in [0.4, 0.5) is 0 Å². The fourth-order valence-electron chi connectivity index (χ4n) is 3.87. The van der Waals surface area contributed by atoms with Crippen molar-refractivity contribution < 1.29 is 54.4 Å². The van der Waals surface area contributed by atoms with Crippen LogP contribution in [-0.4, -0.2) is 86.6 Å². The van der Waals surface area contributed by atoms with E-state index in [0.717, 1.165) is 12.1 Å². The molecule has 0 amide bonds. The van der Waals surface area contributed by atoms with Crippen LogP contribution < -0.4 is 9.47 Å². The average Bonchev–Trinajstić information content (AvgIpc) is 2.85. The first-order valence-electron chi connectivity index (χ1n) is 11.0. The quantitative estimate of drug-likeness (QED) is 0.279. The number of carbonyl (C=O) groups excluding carboxylic acids is 2. The molecule has 6 N–H and O–H groups in total. The molecule has 11 heteroatoms. The van der Waals surface area contributed by atoms with Gasteiger partial charge >= 0.3 is 0 Å². The average molecular weight is 504 g/mol. The minimum absolute atomic E-state index is 0.000643. The van der Waals surface area contributed by atoms with E-state index < -0.39 is 60.4 Å². The number of aliphatic hydroxyl groups excluding tert-OH is 4. The number of ketones is 2. The first kappa shape index (κ1) is 27.1. The van der Waals surface area contributed by atoms with Crippen molar-refractivity contribution >= 4 is 17.6 Å². The van der Waals surface area contributed by atoms with Crippen LogP contribution in [0.3, 0.4) is 0 Å². The lowest BCUT2D eigenvalue weighted by molar-refractivity contribution is -0.277. The number of aromatic hydroxyl groups is 2. The van der Waals surface area contributed by atoms with Crippen LogP contribution in [0.5, 0.6) is 23.0 Å². The van der Waals surface area contributed by atoms with Crippen molar-refractivity contribution in [3.8, 4) is 23.0 Å². The first-order valence-corrected chi connectivity index (χ1v) is 11.0. The van der Waals surface area contributed by atoms with Crippen LogP contribution in [0.1, 0.15) is 45.7 Å². The van der Waals surface area contributed by atoms with Crippen LogP contribution in [0.25, 0.3) is 6.08 Å². The zero-order chi connectivity index (χ0) is 26.7. The van der Waals surface area contributed by atoms with Gasteiger partial charge in [-0.2, -0.15) is 0 Å². The highest BCUT2D eigenvalue weighted by Crippen LogP contribution is 2.40. The summed E-state index contributed by atoms with van der Waals surface area (Å²) in [6.07, 6.45) is -4.55. The second kappa shape index (κ2) is 11.1. The molecular formula is C25H28O11. The normalized spacial score (nSPS) is 24.0. The molecule has 2 aromatic rings. The van der Waals surface area contributed by atoms with Crippen molar-refractivity contribution in [1.82, 2.24) is 0 Å². The molecule has 1 aliphatic heterocycles. The summed E-state index contributed by atoms with van der Waals surface area (Å²) in [5.41, 5.74) is -0.104. The standard InChI is InChI=1S/C25H28O11/c1-4-5-12-8-14(11(2)27)15(19(29)13-6-7-16(28)24(34-3)20(13)30)9-17(12)35-25-23(33)22(32)21(31)18(10-26)36-25/h4-9,18,21-23,25-26,28,30-33H,10H2,1-3H3/b5-4+/t18-,21-,22+,23-,25-/m1/s1. The van der Waals surface area contributed by atoms with Crippen molar-refractivity contribution in [2.24, 2.45) is 0 Å². The van der Waals surface area contributed by atoms with Gasteiger partial charge in [0, 0.05) is 16.7 Å². The van der Waals surface area contributed by atoms with Crippen LogP contribution in [-0.2, 0) is 4.74 Å². The number of benzene rings is 2. The van der Waals surface area contributed by atoms with Crippen LogP contribution in [0.2, 0.25) is 0 Å². The van der Waals surface area contributed by atoms with Crippen LogP contribution >= 0.6 is 0 Å². The van der Waals surface area contributed by atoms with Gasteiger partial charge in [-0.05, 0) is 38.1 Å². The van der Waals surface area contributed by atoms with E-state index in [0.29, 0.717) is 5.56 Å². The van der Waals surface area contributed by atoms with E-state index in [1.807, 2.05) is 0 Å². The molecule has 0 aromatic heterocycles. The summed E-state index contributed by atoms with van der Waals surface area (Å²) in [5, 5.41) is 60.3. The molecule has 5 atom stereocenters. The van der Waals surface area contributed by atoms with Crippen LogP contribution in [0.15, 0.2) is 30.3 Å². The minimum atomic E-state index is -1.71. The number of ether oxygens (including phenoxy) is 3. The van der Waals surface area contributed by atoms with Gasteiger partial charge in [-0.3, -0.25) is 9.59 Å². The lowest BCUT2D eigenvalue weighted by Gasteiger charge is -2.39. The number of carbonyl (C=O) groups is 2. The summed E-state index contributed by atoms with van der Waals surface area (Å²) in [7, 11) is 1.20. The number of phenolic OH excluding ortho intramolecular Hbond substituents is 2. The number of hydrogen-bond acceptors (Lipinski definition) is 11. The van der Waals surface area contributed by atoms with Gasteiger partial charge in [0.1, 0.15) is 30.2 Å². The second-order valence-electron chi connectivity index (χ2n) is 8.15. The number of Topliss-reactive ketones (excluding diaryl/α,β-unsaturated/α-hetero) is 1. The molecule has 0 aliphatic carbocycles. The predicted molar refractivity (Wildman–Crippen MR) is 125 cm³/mol. The minimum Gasteiger partial charge on any atom is -0.504 e. The summed E-state index contributed by atoms with van der Waals surface area (Å²) in [6.45, 7) is 2.29. The Kier molecular flexibility index (Phi) is 8.33. The Morgan fingerprint density at radius 2 is 1.72 bits per heavy atom. The van der Waals surface area contributed by atoms with E-state index in [9.17, 15) is 40.2 Å². The summed E-state index contributed by atoms with van der Waals surface area (Å²) in [5.74, 6) is -2.64. The maximum absolute atomic E-state index is 13.4. The molecule has 3 rings (SSSR count). The van der Waals surface area contributed by atoms with E-state index in [4.69, 9.17) is 14.2 Å². The molecule has 0 saturated carbocycles. The monoisotopic (exact) mass is 504 g/mol. The summed E-state index contributed by atoms with van der Waals surface area (Å²) < 4.78 is 16.1. The molecule has 194 valence electrons. The Hall–Kier alpha value is -3.48. The van der Waals surface area contributed by atoms with Gasteiger partial charge < -0.3 is 44.8 Å². The van der Waals surface area contributed by atoms with Gasteiger partial charge in [-0.25, -0.2) is 0 Å².